The minimum atomic E-state index is 0. The molecule has 3 nitrogen and oxygen atoms in total. The van der Waals surface area contributed by atoms with Gasteiger partial charge in [0.15, 0.2) is 0 Å². The molecule has 0 aromatic heterocycles. The molecule has 20 heavy (non-hydrogen) atoms. The first-order valence-electron chi connectivity index (χ1n) is 8.22. The maximum Gasteiger partial charge on any atom is 0.223 e. The Morgan fingerprint density at radius 2 is 1.80 bits per heavy atom. The van der Waals surface area contributed by atoms with Gasteiger partial charge in [0, 0.05) is 25.6 Å². The molecule has 1 amide bonds. The van der Waals surface area contributed by atoms with Gasteiger partial charge in [0.1, 0.15) is 0 Å². The molecule has 0 radical (unpaired) electrons. The number of nitrogens with two attached hydrogens (primary N) is 1. The van der Waals surface area contributed by atoms with Crippen LogP contribution < -0.4 is 5.73 Å². The molecule has 2 fully saturated rings. The van der Waals surface area contributed by atoms with E-state index in [1.807, 2.05) is 0 Å². The van der Waals surface area contributed by atoms with Crippen LogP contribution in [-0.4, -0.2) is 29.9 Å². The SMILES string of the molecule is CC(CC(=O)N1CCCCC1CN)C1CCCCC1.Cl. The van der Waals surface area contributed by atoms with Gasteiger partial charge in [-0.3, -0.25) is 4.79 Å². The molecule has 118 valence electrons. The minimum absolute atomic E-state index is 0. The Morgan fingerprint density at radius 3 is 2.45 bits per heavy atom. The normalized spacial score (nSPS) is 25.9. The van der Waals surface area contributed by atoms with E-state index in [0.29, 0.717) is 24.4 Å². The number of carbonyl (C=O) groups excluding carboxylic acids is 1. The van der Waals surface area contributed by atoms with Crippen LogP contribution in [0.1, 0.15) is 64.7 Å². The van der Waals surface area contributed by atoms with E-state index in [0.717, 1.165) is 31.7 Å². The third-order valence-corrected chi connectivity index (χ3v) is 5.17. The first-order chi connectivity index (χ1) is 9.22. The fourth-order valence-electron chi connectivity index (χ4n) is 3.84. The minimum Gasteiger partial charge on any atom is -0.338 e. The van der Waals surface area contributed by atoms with Crippen LogP contribution in [-0.2, 0) is 4.79 Å². The summed E-state index contributed by atoms with van der Waals surface area (Å²) in [7, 11) is 0. The van der Waals surface area contributed by atoms with Crippen molar-refractivity contribution in [2.45, 2.75) is 70.8 Å². The summed E-state index contributed by atoms with van der Waals surface area (Å²) in [6, 6.07) is 0.305. The van der Waals surface area contributed by atoms with Crippen LogP contribution in [0.15, 0.2) is 0 Å². The first kappa shape index (κ1) is 17.8. The topological polar surface area (TPSA) is 46.3 Å². The lowest BCUT2D eigenvalue weighted by atomic mass is 9.79. The number of halogens is 1. The molecule has 1 aliphatic heterocycles. The summed E-state index contributed by atoms with van der Waals surface area (Å²) in [6.45, 7) is 3.83. The molecular weight excluding hydrogens is 272 g/mol. The van der Waals surface area contributed by atoms with E-state index in [-0.39, 0.29) is 12.4 Å². The van der Waals surface area contributed by atoms with E-state index in [9.17, 15) is 4.79 Å². The number of amides is 1. The lowest BCUT2D eigenvalue weighted by Gasteiger charge is -2.36. The van der Waals surface area contributed by atoms with E-state index in [4.69, 9.17) is 5.73 Å². The van der Waals surface area contributed by atoms with Gasteiger partial charge in [-0.15, -0.1) is 12.4 Å². The number of piperidine rings is 1. The molecule has 1 heterocycles. The van der Waals surface area contributed by atoms with Gasteiger partial charge in [-0.25, -0.2) is 0 Å². The largest absolute Gasteiger partial charge is 0.338 e. The lowest BCUT2D eigenvalue weighted by Crippen LogP contribution is -2.48. The summed E-state index contributed by atoms with van der Waals surface area (Å²) in [4.78, 5) is 14.6. The summed E-state index contributed by atoms with van der Waals surface area (Å²) >= 11 is 0. The third-order valence-electron chi connectivity index (χ3n) is 5.17. The third kappa shape index (κ3) is 4.63. The molecule has 1 saturated carbocycles. The van der Waals surface area contributed by atoms with Crippen molar-refractivity contribution < 1.29 is 4.79 Å². The highest BCUT2D eigenvalue weighted by atomic mass is 35.5. The van der Waals surface area contributed by atoms with Crippen LogP contribution in [0.3, 0.4) is 0 Å². The Hall–Kier alpha value is -0.280. The van der Waals surface area contributed by atoms with Crippen molar-refractivity contribution in [3.05, 3.63) is 0 Å². The Bertz CT molecular complexity index is 292. The zero-order chi connectivity index (χ0) is 13.7. The Morgan fingerprint density at radius 1 is 1.15 bits per heavy atom. The Labute approximate surface area is 130 Å². The molecule has 0 bridgehead atoms. The molecule has 2 atom stereocenters. The number of rotatable bonds is 4. The average Bonchev–Trinajstić information content (AvgIpc) is 2.48. The van der Waals surface area contributed by atoms with Crippen LogP contribution >= 0.6 is 12.4 Å². The van der Waals surface area contributed by atoms with Gasteiger partial charge < -0.3 is 10.6 Å². The average molecular weight is 303 g/mol. The van der Waals surface area contributed by atoms with Crippen molar-refractivity contribution in [1.29, 1.82) is 0 Å². The van der Waals surface area contributed by atoms with E-state index in [1.165, 1.54) is 38.5 Å². The van der Waals surface area contributed by atoms with Gasteiger partial charge in [-0.1, -0.05) is 39.0 Å². The van der Waals surface area contributed by atoms with Crippen molar-refractivity contribution >= 4 is 18.3 Å². The van der Waals surface area contributed by atoms with Gasteiger partial charge in [0.05, 0.1) is 0 Å². The fraction of sp³-hybridized carbons (Fsp3) is 0.938. The van der Waals surface area contributed by atoms with Crippen LogP contribution in [0, 0.1) is 11.8 Å². The maximum atomic E-state index is 12.5. The highest BCUT2D eigenvalue weighted by Crippen LogP contribution is 2.32. The number of hydrogen-bond acceptors (Lipinski definition) is 2. The van der Waals surface area contributed by atoms with Crippen molar-refractivity contribution in [3.8, 4) is 0 Å². The molecule has 4 heteroatoms. The number of hydrogen-bond donors (Lipinski definition) is 1. The van der Waals surface area contributed by atoms with Crippen molar-refractivity contribution in [2.24, 2.45) is 17.6 Å². The molecular formula is C16H31ClN2O. The molecule has 2 aliphatic rings. The highest BCUT2D eigenvalue weighted by Gasteiger charge is 2.28. The molecule has 0 spiro atoms. The zero-order valence-corrected chi connectivity index (χ0v) is 13.7. The standard InChI is InChI=1S/C16H30N2O.ClH/c1-13(14-7-3-2-4-8-14)11-16(19)18-10-6-5-9-15(18)12-17;/h13-15H,2-12,17H2,1H3;1H. The second-order valence-electron chi connectivity index (χ2n) is 6.55. The van der Waals surface area contributed by atoms with Gasteiger partial charge in [-0.2, -0.15) is 0 Å². The predicted molar refractivity (Wildman–Crippen MR) is 86.0 cm³/mol. The molecule has 1 saturated heterocycles. The van der Waals surface area contributed by atoms with Gasteiger partial charge in [-0.05, 0) is 31.1 Å². The summed E-state index contributed by atoms with van der Waals surface area (Å²) in [6.07, 6.45) is 11.0. The second-order valence-corrected chi connectivity index (χ2v) is 6.55. The fourth-order valence-corrected chi connectivity index (χ4v) is 3.84. The highest BCUT2D eigenvalue weighted by molar-refractivity contribution is 5.85. The van der Waals surface area contributed by atoms with Crippen LogP contribution in [0.4, 0.5) is 0 Å². The number of carbonyl (C=O) groups is 1. The summed E-state index contributed by atoms with van der Waals surface area (Å²) in [5, 5.41) is 0. The first-order valence-corrected chi connectivity index (χ1v) is 8.22. The Kier molecular flexibility index (Phi) is 7.90. The van der Waals surface area contributed by atoms with E-state index < -0.39 is 0 Å². The molecule has 0 aromatic carbocycles. The molecule has 0 aromatic rings. The van der Waals surface area contributed by atoms with Crippen LogP contribution in [0.2, 0.25) is 0 Å². The number of nitrogens with zero attached hydrogens (tertiary/aromatic N) is 1. The van der Waals surface area contributed by atoms with Crippen molar-refractivity contribution in [2.75, 3.05) is 13.1 Å². The molecule has 2 rings (SSSR count). The number of likely N-dealkylation sites (tertiary alicyclic amines) is 1. The van der Waals surface area contributed by atoms with Gasteiger partial charge in [0.25, 0.3) is 0 Å². The molecule has 1 aliphatic carbocycles. The maximum absolute atomic E-state index is 12.5. The zero-order valence-electron chi connectivity index (χ0n) is 12.9. The van der Waals surface area contributed by atoms with Crippen molar-refractivity contribution in [1.82, 2.24) is 4.90 Å². The smallest absolute Gasteiger partial charge is 0.223 e. The van der Waals surface area contributed by atoms with Crippen LogP contribution in [0.25, 0.3) is 0 Å². The monoisotopic (exact) mass is 302 g/mol. The van der Waals surface area contributed by atoms with E-state index in [1.54, 1.807) is 0 Å². The van der Waals surface area contributed by atoms with E-state index in [2.05, 4.69) is 11.8 Å². The summed E-state index contributed by atoms with van der Waals surface area (Å²) < 4.78 is 0. The van der Waals surface area contributed by atoms with Crippen LogP contribution in [0.5, 0.6) is 0 Å². The second kappa shape index (κ2) is 8.89. The van der Waals surface area contributed by atoms with Gasteiger partial charge >= 0.3 is 0 Å². The molecule has 2 unspecified atom stereocenters. The predicted octanol–water partition coefficient (Wildman–Crippen LogP) is 3.35. The van der Waals surface area contributed by atoms with E-state index >= 15 is 0 Å². The summed E-state index contributed by atoms with van der Waals surface area (Å²) in [5.74, 6) is 1.68. The van der Waals surface area contributed by atoms with Gasteiger partial charge in [0.2, 0.25) is 5.91 Å². The molecule has 2 N–H and O–H groups in total. The quantitative estimate of drug-likeness (QED) is 0.865. The lowest BCUT2D eigenvalue weighted by molar-refractivity contribution is -0.136. The Balaban J connectivity index is 0.00000200. The summed E-state index contributed by atoms with van der Waals surface area (Å²) in [5.41, 5.74) is 5.81. The van der Waals surface area contributed by atoms with Crippen molar-refractivity contribution in [3.63, 3.8) is 0 Å².